The van der Waals surface area contributed by atoms with Crippen LogP contribution in [0, 0.1) is 11.7 Å². The van der Waals surface area contributed by atoms with Gasteiger partial charge in [0, 0.05) is 31.5 Å². The monoisotopic (exact) mass is 310 g/mol. The molecular weight excluding hydrogens is 295 g/mol. The number of hydrogen-bond acceptors (Lipinski definition) is 2. The minimum absolute atomic E-state index is 0.0904. The molecule has 0 aromatic heterocycles. The van der Waals surface area contributed by atoms with E-state index in [9.17, 15) is 14.0 Å². The van der Waals surface area contributed by atoms with E-state index in [2.05, 4.69) is 5.32 Å². The van der Waals surface area contributed by atoms with Crippen molar-refractivity contribution in [1.29, 1.82) is 0 Å². The van der Waals surface area contributed by atoms with Crippen LogP contribution in [0.15, 0.2) is 18.2 Å². The normalized spacial score (nSPS) is 21.7. The second-order valence-corrected chi connectivity index (χ2v) is 6.06. The number of amides is 2. The van der Waals surface area contributed by atoms with Crippen molar-refractivity contribution in [3.63, 3.8) is 0 Å². The molecule has 6 heteroatoms. The van der Waals surface area contributed by atoms with E-state index in [-0.39, 0.29) is 22.4 Å². The van der Waals surface area contributed by atoms with Crippen molar-refractivity contribution in [2.24, 2.45) is 5.92 Å². The third-order valence-electron chi connectivity index (χ3n) is 3.97. The lowest BCUT2D eigenvalue weighted by Gasteiger charge is -2.16. The molecule has 2 fully saturated rings. The molecule has 1 aliphatic heterocycles. The van der Waals surface area contributed by atoms with Gasteiger partial charge >= 0.3 is 0 Å². The fourth-order valence-electron chi connectivity index (χ4n) is 2.72. The molecule has 1 N–H and O–H groups in total. The van der Waals surface area contributed by atoms with Crippen LogP contribution < -0.4 is 5.32 Å². The summed E-state index contributed by atoms with van der Waals surface area (Å²) < 4.78 is 13.6. The van der Waals surface area contributed by atoms with E-state index in [1.54, 1.807) is 0 Å². The Labute approximate surface area is 127 Å². The van der Waals surface area contributed by atoms with Crippen LogP contribution in [0.4, 0.5) is 4.39 Å². The summed E-state index contributed by atoms with van der Waals surface area (Å²) in [6.07, 6.45) is 2.60. The van der Waals surface area contributed by atoms with Crippen LogP contribution >= 0.6 is 11.6 Å². The largest absolute Gasteiger partial charge is 0.352 e. The van der Waals surface area contributed by atoms with Gasteiger partial charge in [-0.2, -0.15) is 0 Å². The van der Waals surface area contributed by atoms with Gasteiger partial charge in [-0.25, -0.2) is 4.39 Å². The summed E-state index contributed by atoms with van der Waals surface area (Å²) in [5.74, 6) is -0.925. The molecule has 1 aliphatic carbocycles. The zero-order valence-corrected chi connectivity index (χ0v) is 12.2. The Morgan fingerprint density at radius 2 is 2.19 bits per heavy atom. The van der Waals surface area contributed by atoms with Crippen molar-refractivity contribution >= 4 is 23.4 Å². The van der Waals surface area contributed by atoms with Gasteiger partial charge in [-0.3, -0.25) is 9.59 Å². The minimum atomic E-state index is -0.637. The van der Waals surface area contributed by atoms with Crippen LogP contribution in [0.5, 0.6) is 0 Å². The van der Waals surface area contributed by atoms with E-state index in [0.717, 1.165) is 12.8 Å². The number of carbonyl (C=O) groups is 2. The van der Waals surface area contributed by atoms with Crippen molar-refractivity contribution in [2.45, 2.75) is 25.3 Å². The van der Waals surface area contributed by atoms with E-state index >= 15 is 0 Å². The number of benzene rings is 1. The van der Waals surface area contributed by atoms with E-state index in [0.29, 0.717) is 25.6 Å². The fraction of sp³-hybridized carbons (Fsp3) is 0.467. The van der Waals surface area contributed by atoms with Crippen LogP contribution in [0.1, 0.15) is 29.6 Å². The molecule has 4 nitrogen and oxygen atoms in total. The van der Waals surface area contributed by atoms with Crippen molar-refractivity contribution in [1.82, 2.24) is 10.2 Å². The lowest BCUT2D eigenvalue weighted by molar-refractivity contribution is -0.128. The second-order valence-electron chi connectivity index (χ2n) is 5.65. The molecule has 0 radical (unpaired) electrons. The van der Waals surface area contributed by atoms with Gasteiger partial charge < -0.3 is 10.2 Å². The molecule has 1 heterocycles. The molecule has 1 aromatic carbocycles. The van der Waals surface area contributed by atoms with Gasteiger partial charge in [0.15, 0.2) is 0 Å². The molecule has 1 saturated carbocycles. The Bertz CT molecular complexity index is 569. The van der Waals surface area contributed by atoms with E-state index in [1.807, 2.05) is 4.90 Å². The number of rotatable bonds is 4. The van der Waals surface area contributed by atoms with E-state index in [4.69, 9.17) is 11.6 Å². The molecule has 21 heavy (non-hydrogen) atoms. The maximum absolute atomic E-state index is 13.6. The summed E-state index contributed by atoms with van der Waals surface area (Å²) in [5, 5.41) is 2.77. The van der Waals surface area contributed by atoms with Gasteiger partial charge in [0.1, 0.15) is 5.82 Å². The van der Waals surface area contributed by atoms with Gasteiger partial charge in [-0.1, -0.05) is 17.7 Å². The number of carbonyl (C=O) groups excluding carboxylic acids is 2. The van der Waals surface area contributed by atoms with E-state index < -0.39 is 11.7 Å². The summed E-state index contributed by atoms with van der Waals surface area (Å²) >= 11 is 5.85. The second kappa shape index (κ2) is 5.64. The summed E-state index contributed by atoms with van der Waals surface area (Å²) in [6, 6.07) is 4.54. The quantitative estimate of drug-likeness (QED) is 0.927. The fourth-order valence-corrected chi connectivity index (χ4v) is 2.97. The zero-order valence-electron chi connectivity index (χ0n) is 11.4. The lowest BCUT2D eigenvalue weighted by Crippen LogP contribution is -2.32. The van der Waals surface area contributed by atoms with Crippen LogP contribution in [0.25, 0.3) is 0 Å². The molecule has 1 atom stereocenters. The molecular formula is C15H16ClFN2O2. The summed E-state index contributed by atoms with van der Waals surface area (Å²) in [6.45, 7) is 1.03. The number of nitrogens with zero attached hydrogens (tertiary/aromatic N) is 1. The number of likely N-dealkylation sites (tertiary alicyclic amines) is 1. The first kappa shape index (κ1) is 14.3. The van der Waals surface area contributed by atoms with E-state index in [1.165, 1.54) is 18.2 Å². The van der Waals surface area contributed by atoms with Gasteiger partial charge in [0.05, 0.1) is 10.6 Å². The molecule has 1 aromatic rings. The van der Waals surface area contributed by atoms with Crippen molar-refractivity contribution in [2.75, 3.05) is 13.1 Å². The van der Waals surface area contributed by atoms with Gasteiger partial charge in [0.2, 0.25) is 5.91 Å². The molecule has 0 spiro atoms. The smallest absolute Gasteiger partial charge is 0.255 e. The molecule has 1 unspecified atom stereocenters. The highest BCUT2D eigenvalue weighted by molar-refractivity contribution is 6.33. The third-order valence-corrected chi connectivity index (χ3v) is 4.28. The highest BCUT2D eigenvalue weighted by Crippen LogP contribution is 2.32. The topological polar surface area (TPSA) is 49.4 Å². The maximum Gasteiger partial charge on any atom is 0.255 e. The predicted octanol–water partition coefficient (Wildman–Crippen LogP) is 2.22. The Hall–Kier alpha value is -1.62. The molecule has 2 amide bonds. The van der Waals surface area contributed by atoms with Crippen molar-refractivity contribution < 1.29 is 14.0 Å². The highest BCUT2D eigenvalue weighted by atomic mass is 35.5. The van der Waals surface area contributed by atoms with Crippen LogP contribution in [0.2, 0.25) is 5.02 Å². The van der Waals surface area contributed by atoms with Crippen LogP contribution in [-0.4, -0.2) is 35.8 Å². The van der Waals surface area contributed by atoms with Crippen molar-refractivity contribution in [3.05, 3.63) is 34.6 Å². The van der Waals surface area contributed by atoms with Crippen LogP contribution in [-0.2, 0) is 4.79 Å². The van der Waals surface area contributed by atoms with Crippen molar-refractivity contribution in [3.8, 4) is 0 Å². The van der Waals surface area contributed by atoms with Gasteiger partial charge in [-0.15, -0.1) is 0 Å². The van der Waals surface area contributed by atoms with Crippen LogP contribution in [0.3, 0.4) is 0 Å². The summed E-state index contributed by atoms with van der Waals surface area (Å²) in [4.78, 5) is 25.7. The number of halogens is 2. The first-order valence-electron chi connectivity index (χ1n) is 7.08. The molecule has 2 aliphatic rings. The lowest BCUT2D eigenvalue weighted by atomic mass is 10.1. The molecule has 1 saturated heterocycles. The molecule has 3 rings (SSSR count). The molecule has 112 valence electrons. The third kappa shape index (κ3) is 3.02. The highest BCUT2D eigenvalue weighted by Gasteiger charge is 2.39. The molecule has 0 bridgehead atoms. The average Bonchev–Trinajstić information content (AvgIpc) is 3.20. The van der Waals surface area contributed by atoms with Gasteiger partial charge in [-0.05, 0) is 25.0 Å². The predicted molar refractivity (Wildman–Crippen MR) is 76.6 cm³/mol. The summed E-state index contributed by atoms with van der Waals surface area (Å²) in [7, 11) is 0. The Morgan fingerprint density at radius 3 is 2.86 bits per heavy atom. The summed E-state index contributed by atoms with van der Waals surface area (Å²) in [5.41, 5.74) is -0.137. The zero-order chi connectivity index (χ0) is 15.0. The Morgan fingerprint density at radius 1 is 1.43 bits per heavy atom. The first-order chi connectivity index (χ1) is 10.1. The standard InChI is InChI=1S/C15H16ClFN2O2/c16-11-2-1-3-12(17)14(11)15(21)18-7-9-6-13(20)19(8-9)10-4-5-10/h1-3,9-10H,4-8H2,(H,18,21). The minimum Gasteiger partial charge on any atom is -0.352 e. The Kier molecular flexibility index (Phi) is 3.85. The maximum atomic E-state index is 13.6. The Balaban J connectivity index is 1.58. The van der Waals surface area contributed by atoms with Gasteiger partial charge in [0.25, 0.3) is 5.91 Å². The average molecular weight is 311 g/mol. The SMILES string of the molecule is O=C(NCC1CC(=O)N(C2CC2)C1)c1c(F)cccc1Cl. The first-order valence-corrected chi connectivity index (χ1v) is 7.45. The number of hydrogen-bond donors (Lipinski definition) is 1. The number of nitrogens with one attached hydrogen (secondary N) is 1.